The number of alkyl halides is 5. The van der Waals surface area contributed by atoms with Gasteiger partial charge in [-0.05, 0) is 6.92 Å². The Morgan fingerprint density at radius 3 is 2.40 bits per heavy atom. The van der Waals surface area contributed by atoms with Crippen LogP contribution < -0.4 is 0 Å². The predicted octanol–water partition coefficient (Wildman–Crippen LogP) is 1.35. The van der Waals surface area contributed by atoms with E-state index in [0.717, 1.165) is 19.6 Å². The van der Waals surface area contributed by atoms with Crippen LogP contribution in [0.4, 0.5) is 26.7 Å². The van der Waals surface area contributed by atoms with Crippen molar-refractivity contribution in [1.29, 1.82) is 0 Å². The number of aryl methyl sites for hydroxylation is 1. The Morgan fingerprint density at radius 2 is 1.90 bits per heavy atom. The summed E-state index contributed by atoms with van der Waals surface area (Å²) in [6, 6.07) is -1.36. The molecule has 2 aromatic rings. The third-order valence-corrected chi connectivity index (χ3v) is 2.15. The molecule has 7 nitrogen and oxygen atoms in total. The maximum atomic E-state index is 13.3. The number of aromatic nitrogens is 6. The number of hydrogen-bond donors (Lipinski definition) is 0. The monoisotopic (exact) mass is 296 g/mol. The second kappa shape index (κ2) is 4.31. The lowest BCUT2D eigenvalue weighted by atomic mass is 10.3. The minimum atomic E-state index is -5.91. The van der Waals surface area contributed by atoms with Crippen LogP contribution in [0.2, 0.25) is 0 Å². The van der Waals surface area contributed by atoms with Gasteiger partial charge < -0.3 is 0 Å². The third kappa shape index (κ3) is 2.12. The van der Waals surface area contributed by atoms with Crippen molar-refractivity contribution in [2.75, 3.05) is 0 Å². The van der Waals surface area contributed by atoms with E-state index < -0.39 is 29.8 Å². The molecule has 0 N–H and O–H groups in total. The molecule has 0 aliphatic carbocycles. The summed E-state index contributed by atoms with van der Waals surface area (Å²) in [6.07, 6.45) is -4.18. The molecule has 0 aliphatic rings. The smallest absolute Gasteiger partial charge is 0.243 e. The van der Waals surface area contributed by atoms with E-state index in [1.54, 1.807) is 0 Å². The Morgan fingerprint density at radius 1 is 1.25 bits per heavy atom. The molecule has 12 heteroatoms. The summed E-state index contributed by atoms with van der Waals surface area (Å²) < 4.78 is 63.9. The van der Waals surface area contributed by atoms with Gasteiger partial charge >= 0.3 is 18.1 Å². The lowest BCUT2D eigenvalue weighted by molar-refractivity contribution is -0.293. The molecule has 20 heavy (non-hydrogen) atoms. The quantitative estimate of drug-likeness (QED) is 0.742. The highest BCUT2D eigenvalue weighted by molar-refractivity contribution is 5.77. The zero-order valence-corrected chi connectivity index (χ0v) is 9.64. The van der Waals surface area contributed by atoms with Crippen molar-refractivity contribution in [2.45, 2.75) is 19.0 Å². The molecule has 108 valence electrons. The molecule has 0 spiro atoms. The van der Waals surface area contributed by atoms with Gasteiger partial charge in [-0.1, -0.05) is 0 Å². The number of halogens is 5. The van der Waals surface area contributed by atoms with Crippen molar-refractivity contribution in [3.8, 4) is 0 Å². The van der Waals surface area contributed by atoms with E-state index in [9.17, 15) is 26.7 Å². The van der Waals surface area contributed by atoms with Gasteiger partial charge in [0.05, 0.1) is 0 Å². The Hall–Kier alpha value is -2.40. The molecular formula is C8H5F5N6O. The Kier molecular flexibility index (Phi) is 3.02. The SMILES string of the molecule is Cc1nc(C(F)(F)C(F)(F)F)n(C(=O)n2cncn2)n1. The maximum Gasteiger partial charge on any atom is 0.461 e. The van der Waals surface area contributed by atoms with Gasteiger partial charge in [-0.2, -0.15) is 36.4 Å². The van der Waals surface area contributed by atoms with Gasteiger partial charge in [-0.3, -0.25) is 0 Å². The Labute approximate surface area is 107 Å². The summed E-state index contributed by atoms with van der Waals surface area (Å²) in [6.45, 7) is 1.07. The fourth-order valence-corrected chi connectivity index (χ4v) is 1.28. The average Bonchev–Trinajstić information content (AvgIpc) is 2.95. The Bertz CT molecular complexity index is 630. The molecule has 0 fully saturated rings. The van der Waals surface area contributed by atoms with Gasteiger partial charge in [0.15, 0.2) is 0 Å². The average molecular weight is 296 g/mol. The van der Waals surface area contributed by atoms with Crippen LogP contribution in [-0.4, -0.2) is 41.7 Å². The standard InChI is InChI=1S/C8H5F5N6O/c1-4-16-5(7(9,10)8(11,12)13)19(17-4)6(20)18-3-14-2-15-18/h2-3H,1H3. The molecule has 0 unspecified atom stereocenters. The van der Waals surface area contributed by atoms with Crippen LogP contribution in [0.25, 0.3) is 0 Å². The first-order chi connectivity index (χ1) is 9.14. The number of nitrogens with zero attached hydrogens (tertiary/aromatic N) is 6. The van der Waals surface area contributed by atoms with Crippen LogP contribution in [-0.2, 0) is 5.92 Å². The van der Waals surface area contributed by atoms with Crippen molar-refractivity contribution in [1.82, 2.24) is 29.5 Å². The minimum absolute atomic E-state index is 0.155. The molecular weight excluding hydrogens is 291 g/mol. The minimum Gasteiger partial charge on any atom is -0.243 e. The van der Waals surface area contributed by atoms with E-state index in [-0.39, 0.29) is 4.68 Å². The van der Waals surface area contributed by atoms with Crippen LogP contribution in [0.15, 0.2) is 12.7 Å². The van der Waals surface area contributed by atoms with E-state index >= 15 is 0 Å². The van der Waals surface area contributed by atoms with Gasteiger partial charge in [0.1, 0.15) is 18.5 Å². The van der Waals surface area contributed by atoms with E-state index in [1.165, 1.54) is 0 Å². The molecule has 0 radical (unpaired) electrons. The lowest BCUT2D eigenvalue weighted by Gasteiger charge is -2.18. The largest absolute Gasteiger partial charge is 0.461 e. The molecule has 0 atom stereocenters. The van der Waals surface area contributed by atoms with E-state index in [1.807, 2.05) is 0 Å². The van der Waals surface area contributed by atoms with Gasteiger partial charge in [0.25, 0.3) is 0 Å². The first-order valence-electron chi connectivity index (χ1n) is 4.92. The summed E-state index contributed by atoms with van der Waals surface area (Å²) in [7, 11) is 0. The molecule has 2 rings (SSSR count). The summed E-state index contributed by atoms with van der Waals surface area (Å²) in [4.78, 5) is 18.1. The molecule has 0 amide bonds. The van der Waals surface area contributed by atoms with Gasteiger partial charge in [-0.25, -0.2) is 14.8 Å². The molecule has 2 heterocycles. The second-order valence-electron chi connectivity index (χ2n) is 3.59. The van der Waals surface area contributed by atoms with Crippen molar-refractivity contribution in [3.05, 3.63) is 24.3 Å². The molecule has 0 saturated heterocycles. The number of hydrogen-bond acceptors (Lipinski definition) is 5. The van der Waals surface area contributed by atoms with Crippen molar-refractivity contribution >= 4 is 6.03 Å². The summed E-state index contributed by atoms with van der Waals surface area (Å²) in [5, 5.41) is 6.56. The maximum absolute atomic E-state index is 13.3. The summed E-state index contributed by atoms with van der Waals surface area (Å²) in [5.74, 6) is -7.58. The van der Waals surface area contributed by atoms with Crippen molar-refractivity contribution < 1.29 is 26.7 Å². The molecule has 0 aliphatic heterocycles. The lowest BCUT2D eigenvalue weighted by Crippen LogP contribution is -2.38. The van der Waals surface area contributed by atoms with Crippen LogP contribution in [0.1, 0.15) is 11.6 Å². The van der Waals surface area contributed by atoms with Gasteiger partial charge in [0.2, 0.25) is 5.82 Å². The molecule has 0 aromatic carbocycles. The van der Waals surface area contributed by atoms with E-state index in [0.29, 0.717) is 4.68 Å². The van der Waals surface area contributed by atoms with E-state index in [2.05, 4.69) is 20.2 Å². The normalized spacial score (nSPS) is 12.7. The fraction of sp³-hybridized carbons (Fsp3) is 0.375. The predicted molar refractivity (Wildman–Crippen MR) is 50.9 cm³/mol. The van der Waals surface area contributed by atoms with Crippen LogP contribution in [0, 0.1) is 6.92 Å². The highest BCUT2D eigenvalue weighted by atomic mass is 19.4. The summed E-state index contributed by atoms with van der Waals surface area (Å²) >= 11 is 0. The first kappa shape index (κ1) is 14.0. The van der Waals surface area contributed by atoms with E-state index in [4.69, 9.17) is 0 Å². The number of rotatable bonds is 1. The van der Waals surface area contributed by atoms with Crippen molar-refractivity contribution in [2.24, 2.45) is 0 Å². The number of carbonyl (C=O) groups excluding carboxylic acids is 1. The molecule has 0 saturated carbocycles. The van der Waals surface area contributed by atoms with Gasteiger partial charge in [0, 0.05) is 0 Å². The highest BCUT2D eigenvalue weighted by Gasteiger charge is 2.62. The van der Waals surface area contributed by atoms with Gasteiger partial charge in [-0.15, -0.1) is 5.10 Å². The topological polar surface area (TPSA) is 78.5 Å². The third-order valence-electron chi connectivity index (χ3n) is 2.15. The van der Waals surface area contributed by atoms with Crippen molar-refractivity contribution in [3.63, 3.8) is 0 Å². The number of carbonyl (C=O) groups is 1. The molecule has 2 aromatic heterocycles. The Balaban J connectivity index is 2.55. The zero-order chi connectivity index (χ0) is 15.1. The fourth-order valence-electron chi connectivity index (χ4n) is 1.28. The first-order valence-corrected chi connectivity index (χ1v) is 4.92. The van der Waals surface area contributed by atoms with Crippen LogP contribution >= 0.6 is 0 Å². The highest BCUT2D eigenvalue weighted by Crippen LogP contribution is 2.42. The van der Waals surface area contributed by atoms with Crippen LogP contribution in [0.5, 0.6) is 0 Å². The molecule has 0 bridgehead atoms. The van der Waals surface area contributed by atoms with Crippen LogP contribution in [0.3, 0.4) is 0 Å². The second-order valence-corrected chi connectivity index (χ2v) is 3.59. The summed E-state index contributed by atoms with van der Waals surface area (Å²) in [5.41, 5.74) is 0. The zero-order valence-electron chi connectivity index (χ0n) is 9.64.